The van der Waals surface area contributed by atoms with E-state index in [0.29, 0.717) is 6.61 Å². The van der Waals surface area contributed by atoms with Crippen LogP contribution in [-0.2, 0) is 12.8 Å². The first-order valence-corrected chi connectivity index (χ1v) is 7.01. The van der Waals surface area contributed by atoms with Gasteiger partial charge in [0.05, 0.1) is 18.4 Å². The quantitative estimate of drug-likeness (QED) is 0.807. The summed E-state index contributed by atoms with van der Waals surface area (Å²) in [5, 5.41) is 0. The Bertz CT molecular complexity index is 688. The van der Waals surface area contributed by atoms with Gasteiger partial charge in [0, 0.05) is 29.1 Å². The molecule has 0 amide bonds. The molecule has 0 spiro atoms. The summed E-state index contributed by atoms with van der Waals surface area (Å²) < 4.78 is 20.0. The van der Waals surface area contributed by atoms with E-state index in [4.69, 9.17) is 4.74 Å². The molecule has 0 fully saturated rings. The van der Waals surface area contributed by atoms with Crippen molar-refractivity contribution < 1.29 is 13.9 Å². The Hall–Kier alpha value is -1.75. The van der Waals surface area contributed by atoms with E-state index in [-0.39, 0.29) is 17.8 Å². The van der Waals surface area contributed by atoms with Crippen LogP contribution in [0.1, 0.15) is 21.5 Å². The highest BCUT2D eigenvalue weighted by Gasteiger charge is 2.20. The summed E-state index contributed by atoms with van der Waals surface area (Å²) in [4.78, 5) is 15.9. The first kappa shape index (κ1) is 13.2. The second kappa shape index (κ2) is 5.32. The number of hydrogen-bond acceptors (Lipinski definition) is 3. The fourth-order valence-corrected chi connectivity index (χ4v) is 2.90. The molecule has 0 saturated heterocycles. The molecule has 1 aromatic heterocycles. The summed E-state index contributed by atoms with van der Waals surface area (Å²) in [6.07, 6.45) is 3.41. The zero-order valence-electron chi connectivity index (χ0n) is 10.5. The van der Waals surface area contributed by atoms with Crippen molar-refractivity contribution in [3.05, 3.63) is 57.6 Å². The van der Waals surface area contributed by atoms with Crippen LogP contribution >= 0.6 is 15.9 Å². The molecule has 0 aliphatic carbocycles. The third-order valence-electron chi connectivity index (χ3n) is 3.25. The average molecular weight is 336 g/mol. The number of ether oxygens (including phenoxy) is 1. The average Bonchev–Trinajstić information content (AvgIpc) is 2.87. The number of halogens is 2. The number of Topliss-reactive ketones (excluding diaryl/α,β-unsaturated/α-hetero) is 1. The van der Waals surface area contributed by atoms with Gasteiger partial charge in [0.25, 0.3) is 0 Å². The SMILES string of the molecule is O=C(Cc1cc(Br)cc2c1OCC2)c1ccncc1F. The number of benzene rings is 1. The van der Waals surface area contributed by atoms with Crippen LogP contribution in [0.5, 0.6) is 5.75 Å². The molecule has 1 aliphatic heterocycles. The standard InChI is InChI=1S/C15H11BrFNO2/c16-11-5-9-2-4-20-15(9)10(6-11)7-14(19)12-1-3-18-8-13(12)17/h1,3,5-6,8H,2,4,7H2. The Morgan fingerprint density at radius 3 is 3.10 bits per heavy atom. The second-order valence-electron chi connectivity index (χ2n) is 4.61. The molecule has 5 heteroatoms. The number of carbonyl (C=O) groups excluding carboxylic acids is 1. The van der Waals surface area contributed by atoms with Crippen LogP contribution in [0.3, 0.4) is 0 Å². The number of fused-ring (bicyclic) bond motifs is 1. The van der Waals surface area contributed by atoms with Gasteiger partial charge in [-0.25, -0.2) is 4.39 Å². The van der Waals surface area contributed by atoms with Crippen molar-refractivity contribution in [3.63, 3.8) is 0 Å². The lowest BCUT2D eigenvalue weighted by molar-refractivity contribution is 0.0988. The fourth-order valence-electron chi connectivity index (χ4n) is 2.35. The number of nitrogens with zero attached hydrogens (tertiary/aromatic N) is 1. The summed E-state index contributed by atoms with van der Waals surface area (Å²) >= 11 is 3.43. The van der Waals surface area contributed by atoms with Crippen LogP contribution in [0.4, 0.5) is 4.39 Å². The van der Waals surface area contributed by atoms with Crippen molar-refractivity contribution in [2.45, 2.75) is 12.8 Å². The number of ketones is 1. The van der Waals surface area contributed by atoms with Crippen LogP contribution < -0.4 is 4.74 Å². The summed E-state index contributed by atoms with van der Waals surface area (Å²) in [6, 6.07) is 5.24. The largest absolute Gasteiger partial charge is 0.493 e. The van der Waals surface area contributed by atoms with Crippen molar-refractivity contribution in [2.75, 3.05) is 6.61 Å². The van der Waals surface area contributed by atoms with Gasteiger partial charge in [0.2, 0.25) is 0 Å². The molecule has 2 heterocycles. The Morgan fingerprint density at radius 2 is 2.30 bits per heavy atom. The van der Waals surface area contributed by atoms with Gasteiger partial charge >= 0.3 is 0 Å². The summed E-state index contributed by atoms with van der Waals surface area (Å²) in [7, 11) is 0. The number of hydrogen-bond donors (Lipinski definition) is 0. The van der Waals surface area contributed by atoms with Crippen molar-refractivity contribution in [1.29, 1.82) is 0 Å². The topological polar surface area (TPSA) is 39.2 Å². The number of pyridine rings is 1. The van der Waals surface area contributed by atoms with Crippen LogP contribution in [0.25, 0.3) is 0 Å². The minimum Gasteiger partial charge on any atom is -0.493 e. The maximum Gasteiger partial charge on any atom is 0.170 e. The molecule has 0 saturated carbocycles. The Balaban J connectivity index is 1.93. The smallest absolute Gasteiger partial charge is 0.170 e. The van der Waals surface area contributed by atoms with E-state index >= 15 is 0 Å². The van der Waals surface area contributed by atoms with Gasteiger partial charge < -0.3 is 4.74 Å². The molecule has 0 N–H and O–H groups in total. The molecule has 1 aliphatic rings. The highest BCUT2D eigenvalue weighted by molar-refractivity contribution is 9.10. The minimum atomic E-state index is -0.593. The lowest BCUT2D eigenvalue weighted by atomic mass is 10.0. The van der Waals surface area contributed by atoms with Crippen molar-refractivity contribution in [1.82, 2.24) is 4.98 Å². The Morgan fingerprint density at radius 1 is 1.45 bits per heavy atom. The highest BCUT2D eigenvalue weighted by atomic mass is 79.9. The molecule has 102 valence electrons. The van der Waals surface area contributed by atoms with Gasteiger partial charge in [-0.15, -0.1) is 0 Å². The van der Waals surface area contributed by atoms with Crippen LogP contribution in [-0.4, -0.2) is 17.4 Å². The third kappa shape index (κ3) is 2.45. The molecule has 0 unspecified atom stereocenters. The third-order valence-corrected chi connectivity index (χ3v) is 3.71. The van der Waals surface area contributed by atoms with Gasteiger partial charge in [-0.2, -0.15) is 0 Å². The molecule has 3 rings (SSSR count). The lowest BCUT2D eigenvalue weighted by Crippen LogP contribution is -2.07. The molecule has 3 nitrogen and oxygen atoms in total. The van der Waals surface area contributed by atoms with Crippen molar-refractivity contribution >= 4 is 21.7 Å². The van der Waals surface area contributed by atoms with Crippen molar-refractivity contribution in [3.8, 4) is 5.75 Å². The van der Waals surface area contributed by atoms with Gasteiger partial charge in [-0.1, -0.05) is 15.9 Å². The number of rotatable bonds is 3. The fraction of sp³-hybridized carbons (Fsp3) is 0.200. The zero-order valence-corrected chi connectivity index (χ0v) is 12.1. The van der Waals surface area contributed by atoms with E-state index in [2.05, 4.69) is 20.9 Å². The van der Waals surface area contributed by atoms with E-state index in [1.807, 2.05) is 12.1 Å². The summed E-state index contributed by atoms with van der Waals surface area (Å²) in [5.74, 6) is -0.109. The number of aromatic nitrogens is 1. The van der Waals surface area contributed by atoms with Gasteiger partial charge in [0.1, 0.15) is 5.75 Å². The maximum atomic E-state index is 13.6. The van der Waals surface area contributed by atoms with E-state index in [1.165, 1.54) is 12.3 Å². The Kier molecular flexibility index (Phi) is 3.53. The van der Waals surface area contributed by atoms with Gasteiger partial charge in [-0.05, 0) is 23.8 Å². The van der Waals surface area contributed by atoms with Gasteiger partial charge in [-0.3, -0.25) is 9.78 Å². The van der Waals surface area contributed by atoms with Gasteiger partial charge in [0.15, 0.2) is 11.6 Å². The van der Waals surface area contributed by atoms with E-state index in [1.54, 1.807) is 0 Å². The molecule has 2 aromatic rings. The monoisotopic (exact) mass is 335 g/mol. The van der Waals surface area contributed by atoms with Crippen molar-refractivity contribution in [2.24, 2.45) is 0 Å². The number of carbonyl (C=O) groups is 1. The van der Waals surface area contributed by atoms with Crippen LogP contribution in [0.2, 0.25) is 0 Å². The second-order valence-corrected chi connectivity index (χ2v) is 5.52. The molecular formula is C15H11BrFNO2. The molecule has 0 radical (unpaired) electrons. The highest BCUT2D eigenvalue weighted by Crippen LogP contribution is 2.33. The van der Waals surface area contributed by atoms with E-state index in [0.717, 1.165) is 34.0 Å². The lowest BCUT2D eigenvalue weighted by Gasteiger charge is -2.09. The van der Waals surface area contributed by atoms with Crippen LogP contribution in [0.15, 0.2) is 35.1 Å². The predicted molar refractivity (Wildman–Crippen MR) is 75.6 cm³/mol. The molecule has 0 bridgehead atoms. The first-order valence-electron chi connectivity index (χ1n) is 6.22. The molecule has 0 atom stereocenters. The first-order chi connectivity index (χ1) is 9.65. The maximum absolute atomic E-state index is 13.6. The molecular weight excluding hydrogens is 325 g/mol. The molecule has 20 heavy (non-hydrogen) atoms. The predicted octanol–water partition coefficient (Wildman–Crippen LogP) is 3.34. The molecule has 1 aromatic carbocycles. The van der Waals surface area contributed by atoms with E-state index in [9.17, 15) is 9.18 Å². The summed E-state index contributed by atoms with van der Waals surface area (Å²) in [6.45, 7) is 0.622. The minimum absolute atomic E-state index is 0.0618. The Labute approximate surface area is 123 Å². The van der Waals surface area contributed by atoms with Crippen LogP contribution in [0, 0.1) is 5.82 Å². The van der Waals surface area contributed by atoms with E-state index < -0.39 is 5.82 Å². The zero-order chi connectivity index (χ0) is 14.1. The normalized spacial score (nSPS) is 12.9. The summed E-state index contributed by atoms with van der Waals surface area (Å²) in [5.41, 5.74) is 1.93.